The van der Waals surface area contributed by atoms with Gasteiger partial charge in [0.15, 0.2) is 0 Å². The lowest BCUT2D eigenvalue weighted by Crippen LogP contribution is -2.23. The van der Waals surface area contributed by atoms with Gasteiger partial charge in [-0.3, -0.25) is 0 Å². The molecule has 1 aromatic rings. The zero-order valence-corrected chi connectivity index (χ0v) is 19.1. The summed E-state index contributed by atoms with van der Waals surface area (Å²) < 4.78 is 0. The monoisotopic (exact) mass is 382 g/mol. The lowest BCUT2D eigenvalue weighted by molar-refractivity contribution is 0.178. The molecule has 3 rings (SSSR count). The molecule has 2 saturated carbocycles. The summed E-state index contributed by atoms with van der Waals surface area (Å²) in [5, 5.41) is 0. The SMILES string of the molecule is CCCCCC1(C)CCC(c2ccc(CC[C@H]3CC[C@H](CC)CC3)cc2)CC1. The van der Waals surface area contributed by atoms with Crippen LogP contribution in [0.4, 0.5) is 0 Å². The van der Waals surface area contributed by atoms with Crippen molar-refractivity contribution in [3.8, 4) is 0 Å². The molecule has 0 aliphatic heterocycles. The van der Waals surface area contributed by atoms with Crippen LogP contribution in [0, 0.1) is 17.3 Å². The van der Waals surface area contributed by atoms with Crippen molar-refractivity contribution in [2.75, 3.05) is 0 Å². The molecule has 28 heavy (non-hydrogen) atoms. The van der Waals surface area contributed by atoms with Crippen LogP contribution >= 0.6 is 0 Å². The van der Waals surface area contributed by atoms with Gasteiger partial charge in [-0.05, 0) is 79.2 Å². The Morgan fingerprint density at radius 2 is 1.46 bits per heavy atom. The normalized spacial score (nSPS) is 31.0. The van der Waals surface area contributed by atoms with Gasteiger partial charge in [0.2, 0.25) is 0 Å². The lowest BCUT2D eigenvalue weighted by Gasteiger charge is -2.38. The van der Waals surface area contributed by atoms with Crippen molar-refractivity contribution in [2.24, 2.45) is 17.3 Å². The molecule has 0 radical (unpaired) electrons. The summed E-state index contributed by atoms with van der Waals surface area (Å²) in [5.41, 5.74) is 3.81. The second-order valence-electron chi connectivity index (χ2n) is 10.6. The van der Waals surface area contributed by atoms with Crippen molar-refractivity contribution in [2.45, 2.75) is 123 Å². The van der Waals surface area contributed by atoms with E-state index in [1.54, 1.807) is 11.1 Å². The second kappa shape index (κ2) is 10.8. The maximum atomic E-state index is 2.55. The molecule has 0 nitrogen and oxygen atoms in total. The van der Waals surface area contributed by atoms with Gasteiger partial charge >= 0.3 is 0 Å². The average molecular weight is 383 g/mol. The standard InChI is InChI=1S/C28H46/c1-4-6-7-20-28(3)21-18-27(19-22-28)26-16-14-25(15-17-26)13-12-24-10-8-23(5-2)9-11-24/h14-17,23-24,27H,4-13,18-22H2,1-3H3/t23-,24-,27?,28?. The Kier molecular flexibility index (Phi) is 8.49. The Morgan fingerprint density at radius 3 is 2.07 bits per heavy atom. The Bertz CT molecular complexity index is 538. The number of hydrogen-bond donors (Lipinski definition) is 0. The van der Waals surface area contributed by atoms with Gasteiger partial charge in [0.05, 0.1) is 0 Å². The van der Waals surface area contributed by atoms with Crippen LogP contribution in [0.5, 0.6) is 0 Å². The summed E-state index contributed by atoms with van der Waals surface area (Å²) in [6.07, 6.45) is 21.4. The molecule has 2 fully saturated rings. The first-order valence-corrected chi connectivity index (χ1v) is 12.7. The number of benzene rings is 1. The predicted molar refractivity (Wildman–Crippen MR) is 124 cm³/mol. The lowest BCUT2D eigenvalue weighted by atomic mass is 9.68. The van der Waals surface area contributed by atoms with Crippen LogP contribution in [0.1, 0.15) is 128 Å². The van der Waals surface area contributed by atoms with Crippen LogP contribution in [0.3, 0.4) is 0 Å². The zero-order chi connectivity index (χ0) is 19.8. The van der Waals surface area contributed by atoms with Gasteiger partial charge in [0.25, 0.3) is 0 Å². The number of hydrogen-bond acceptors (Lipinski definition) is 0. The number of rotatable bonds is 9. The summed E-state index contributed by atoms with van der Waals surface area (Å²) in [4.78, 5) is 0. The van der Waals surface area contributed by atoms with E-state index < -0.39 is 0 Å². The topological polar surface area (TPSA) is 0 Å². The van der Waals surface area contributed by atoms with Gasteiger partial charge in [-0.25, -0.2) is 0 Å². The maximum Gasteiger partial charge on any atom is -0.0162 e. The third kappa shape index (κ3) is 6.36. The summed E-state index contributed by atoms with van der Waals surface area (Å²) in [7, 11) is 0. The molecular formula is C28H46. The Labute approximate surface area is 175 Å². The second-order valence-corrected chi connectivity index (χ2v) is 10.6. The van der Waals surface area contributed by atoms with E-state index in [4.69, 9.17) is 0 Å². The van der Waals surface area contributed by atoms with E-state index in [1.807, 2.05) is 0 Å². The van der Waals surface area contributed by atoms with Crippen LogP contribution < -0.4 is 0 Å². The number of unbranched alkanes of at least 4 members (excludes halogenated alkanes) is 2. The van der Waals surface area contributed by atoms with Crippen molar-refractivity contribution in [1.82, 2.24) is 0 Å². The molecule has 0 N–H and O–H groups in total. The first kappa shape index (κ1) is 21.9. The molecule has 0 saturated heterocycles. The van der Waals surface area contributed by atoms with Crippen molar-refractivity contribution >= 4 is 0 Å². The molecule has 0 heterocycles. The molecule has 2 aliphatic rings. The smallest absolute Gasteiger partial charge is 0.0162 e. The van der Waals surface area contributed by atoms with Gasteiger partial charge in [0.1, 0.15) is 0 Å². The summed E-state index contributed by atoms with van der Waals surface area (Å²) in [5.74, 6) is 2.84. The molecule has 0 aromatic heterocycles. The highest BCUT2D eigenvalue weighted by Gasteiger charge is 2.31. The van der Waals surface area contributed by atoms with Crippen LogP contribution in [-0.4, -0.2) is 0 Å². The molecule has 0 amide bonds. The van der Waals surface area contributed by atoms with Crippen molar-refractivity contribution in [3.05, 3.63) is 35.4 Å². The third-order valence-electron chi connectivity index (χ3n) is 8.41. The van der Waals surface area contributed by atoms with Crippen LogP contribution in [-0.2, 0) is 6.42 Å². The van der Waals surface area contributed by atoms with E-state index in [-0.39, 0.29) is 0 Å². The first-order valence-electron chi connectivity index (χ1n) is 12.7. The van der Waals surface area contributed by atoms with Gasteiger partial charge in [-0.1, -0.05) is 96.4 Å². The summed E-state index contributed by atoms with van der Waals surface area (Å²) >= 11 is 0. The average Bonchev–Trinajstić information content (AvgIpc) is 2.74. The van der Waals surface area contributed by atoms with Crippen LogP contribution in [0.2, 0.25) is 0 Å². The fourth-order valence-corrected chi connectivity index (χ4v) is 5.96. The minimum Gasteiger partial charge on any atom is -0.0654 e. The van der Waals surface area contributed by atoms with E-state index in [2.05, 4.69) is 45.0 Å². The molecule has 0 bridgehead atoms. The van der Waals surface area contributed by atoms with Crippen LogP contribution in [0.15, 0.2) is 24.3 Å². The third-order valence-corrected chi connectivity index (χ3v) is 8.41. The Balaban J connectivity index is 1.41. The van der Waals surface area contributed by atoms with Gasteiger partial charge < -0.3 is 0 Å². The molecule has 0 unspecified atom stereocenters. The first-order chi connectivity index (χ1) is 13.6. The van der Waals surface area contributed by atoms with Gasteiger partial charge in [-0.15, -0.1) is 0 Å². The van der Waals surface area contributed by atoms with E-state index >= 15 is 0 Å². The van der Waals surface area contributed by atoms with Gasteiger partial charge in [0, 0.05) is 0 Å². The molecule has 0 spiro atoms. The highest BCUT2D eigenvalue weighted by molar-refractivity contribution is 5.26. The molecular weight excluding hydrogens is 336 g/mol. The van der Waals surface area contributed by atoms with E-state index in [1.165, 1.54) is 96.3 Å². The predicted octanol–water partition coefficient (Wildman–Crippen LogP) is 9.08. The van der Waals surface area contributed by atoms with Crippen molar-refractivity contribution in [3.63, 3.8) is 0 Å². The fourth-order valence-electron chi connectivity index (χ4n) is 5.96. The van der Waals surface area contributed by atoms with E-state index in [0.29, 0.717) is 5.41 Å². The minimum absolute atomic E-state index is 0.627. The summed E-state index contributed by atoms with van der Waals surface area (Å²) in [6, 6.07) is 9.82. The zero-order valence-electron chi connectivity index (χ0n) is 19.1. The van der Waals surface area contributed by atoms with Gasteiger partial charge in [-0.2, -0.15) is 0 Å². The molecule has 2 aliphatic carbocycles. The molecule has 0 heteroatoms. The minimum atomic E-state index is 0.627. The van der Waals surface area contributed by atoms with E-state index in [0.717, 1.165) is 17.8 Å². The van der Waals surface area contributed by atoms with E-state index in [9.17, 15) is 0 Å². The molecule has 0 atom stereocenters. The van der Waals surface area contributed by atoms with Crippen molar-refractivity contribution < 1.29 is 0 Å². The Hall–Kier alpha value is -0.780. The largest absolute Gasteiger partial charge is 0.0654 e. The Morgan fingerprint density at radius 1 is 0.821 bits per heavy atom. The highest BCUT2D eigenvalue weighted by Crippen LogP contribution is 2.45. The molecule has 158 valence electrons. The number of aryl methyl sites for hydroxylation is 1. The molecule has 1 aromatic carbocycles. The highest BCUT2D eigenvalue weighted by atomic mass is 14.4. The fraction of sp³-hybridized carbons (Fsp3) is 0.786. The van der Waals surface area contributed by atoms with Crippen LogP contribution in [0.25, 0.3) is 0 Å². The quantitative estimate of drug-likeness (QED) is 0.373. The summed E-state index contributed by atoms with van der Waals surface area (Å²) in [6.45, 7) is 7.24. The maximum absolute atomic E-state index is 2.55. The van der Waals surface area contributed by atoms with Crippen molar-refractivity contribution in [1.29, 1.82) is 0 Å².